The van der Waals surface area contributed by atoms with E-state index in [9.17, 15) is 0 Å². The largest absolute Gasteiger partial charge is 0.366 e. The summed E-state index contributed by atoms with van der Waals surface area (Å²) in [6.07, 6.45) is 4.77. The van der Waals surface area contributed by atoms with E-state index >= 15 is 0 Å². The minimum absolute atomic E-state index is 0.289. The Bertz CT molecular complexity index is 456. The number of rotatable bonds is 4. The number of piperazine rings is 1. The lowest BCUT2D eigenvalue weighted by molar-refractivity contribution is 0.203. The molecule has 3 heteroatoms. The van der Waals surface area contributed by atoms with Gasteiger partial charge in [-0.1, -0.05) is 19.1 Å². The third-order valence-electron chi connectivity index (χ3n) is 5.23. The summed E-state index contributed by atoms with van der Waals surface area (Å²) in [4.78, 5) is 5.27. The first-order valence-corrected chi connectivity index (χ1v) is 8.52. The van der Waals surface area contributed by atoms with E-state index in [0.717, 1.165) is 18.9 Å². The highest BCUT2D eigenvalue weighted by molar-refractivity contribution is 5.49. The van der Waals surface area contributed by atoms with Crippen molar-refractivity contribution < 1.29 is 0 Å². The van der Waals surface area contributed by atoms with Crippen LogP contribution < -0.4 is 10.6 Å². The van der Waals surface area contributed by atoms with Gasteiger partial charge >= 0.3 is 0 Å². The molecule has 2 aliphatic rings. The molecule has 1 aromatic carbocycles. The van der Waals surface area contributed by atoms with Gasteiger partial charge in [-0.15, -0.1) is 0 Å². The summed E-state index contributed by atoms with van der Waals surface area (Å²) in [6.45, 7) is 8.22. The smallest absolute Gasteiger partial charge is 0.0389 e. The normalized spacial score (nSPS) is 27.7. The summed E-state index contributed by atoms with van der Waals surface area (Å²) in [7, 11) is 0. The Morgan fingerprint density at radius 3 is 2.71 bits per heavy atom. The first-order chi connectivity index (χ1) is 10.2. The van der Waals surface area contributed by atoms with Gasteiger partial charge in [0, 0.05) is 36.9 Å². The molecule has 0 radical (unpaired) electrons. The van der Waals surface area contributed by atoms with Gasteiger partial charge in [-0.3, -0.25) is 4.90 Å². The maximum Gasteiger partial charge on any atom is 0.0389 e. The second kappa shape index (κ2) is 6.37. The third kappa shape index (κ3) is 3.24. The summed E-state index contributed by atoms with van der Waals surface area (Å²) in [6, 6.07) is 10.8. The minimum Gasteiger partial charge on any atom is -0.366 e. The molecule has 0 aliphatic carbocycles. The molecule has 3 atom stereocenters. The molecule has 2 aliphatic heterocycles. The second-order valence-corrected chi connectivity index (χ2v) is 6.83. The van der Waals surface area contributed by atoms with E-state index in [2.05, 4.69) is 47.9 Å². The molecule has 116 valence electrons. The third-order valence-corrected chi connectivity index (χ3v) is 5.23. The molecule has 1 aromatic rings. The fourth-order valence-corrected chi connectivity index (χ4v) is 3.82. The van der Waals surface area contributed by atoms with E-state index in [0.29, 0.717) is 6.04 Å². The van der Waals surface area contributed by atoms with Gasteiger partial charge in [-0.25, -0.2) is 0 Å². The fourth-order valence-electron chi connectivity index (χ4n) is 3.82. The maximum absolute atomic E-state index is 6.05. The van der Waals surface area contributed by atoms with Crippen LogP contribution in [-0.2, 0) is 6.42 Å². The predicted molar refractivity (Wildman–Crippen MR) is 89.8 cm³/mol. The van der Waals surface area contributed by atoms with Crippen molar-refractivity contribution in [3.05, 3.63) is 29.8 Å². The van der Waals surface area contributed by atoms with Crippen LogP contribution in [0.2, 0.25) is 0 Å². The van der Waals surface area contributed by atoms with E-state index in [4.69, 9.17) is 5.73 Å². The number of fused-ring (bicyclic) bond motifs is 1. The predicted octanol–water partition coefficient (Wildman–Crippen LogP) is 2.64. The van der Waals surface area contributed by atoms with Crippen LogP contribution in [0.25, 0.3) is 0 Å². The van der Waals surface area contributed by atoms with Crippen molar-refractivity contribution in [1.29, 1.82) is 0 Å². The van der Waals surface area contributed by atoms with Crippen LogP contribution in [0.4, 0.5) is 5.69 Å². The number of benzene rings is 1. The minimum atomic E-state index is 0.289. The molecule has 3 unspecified atom stereocenters. The Labute approximate surface area is 129 Å². The molecule has 0 spiro atoms. The topological polar surface area (TPSA) is 32.5 Å². The molecule has 0 aromatic heterocycles. The van der Waals surface area contributed by atoms with Gasteiger partial charge in [-0.05, 0) is 56.8 Å². The first kappa shape index (κ1) is 14.9. The zero-order chi connectivity index (χ0) is 14.8. The van der Waals surface area contributed by atoms with E-state index < -0.39 is 0 Å². The Hall–Kier alpha value is -1.06. The van der Waals surface area contributed by atoms with Crippen molar-refractivity contribution in [3.8, 4) is 0 Å². The number of hydrogen-bond acceptors (Lipinski definition) is 3. The van der Waals surface area contributed by atoms with Crippen LogP contribution in [0.3, 0.4) is 0 Å². The Balaban J connectivity index is 1.68. The summed E-state index contributed by atoms with van der Waals surface area (Å²) >= 11 is 0. The van der Waals surface area contributed by atoms with Crippen LogP contribution in [0, 0.1) is 0 Å². The standard InChI is InChI=1S/C18H29N3/c1-3-16(19)11-15-6-8-17(9-7-15)21-13-18-5-4-10-20(18)12-14(21)2/h6-9,14,16,18H,3-5,10-13,19H2,1-2H3. The van der Waals surface area contributed by atoms with Crippen molar-refractivity contribution in [3.63, 3.8) is 0 Å². The van der Waals surface area contributed by atoms with Crippen molar-refractivity contribution >= 4 is 5.69 Å². The number of anilines is 1. The highest BCUT2D eigenvalue weighted by Crippen LogP contribution is 2.28. The van der Waals surface area contributed by atoms with E-state index in [-0.39, 0.29) is 6.04 Å². The Morgan fingerprint density at radius 2 is 2.00 bits per heavy atom. The highest BCUT2D eigenvalue weighted by Gasteiger charge is 2.34. The molecule has 2 heterocycles. The van der Waals surface area contributed by atoms with E-state index in [1.165, 1.54) is 43.7 Å². The average Bonchev–Trinajstić information content (AvgIpc) is 2.94. The van der Waals surface area contributed by atoms with Crippen molar-refractivity contribution in [1.82, 2.24) is 4.90 Å². The lowest BCUT2D eigenvalue weighted by Gasteiger charge is -2.43. The van der Waals surface area contributed by atoms with Gasteiger partial charge in [0.05, 0.1) is 0 Å². The fraction of sp³-hybridized carbons (Fsp3) is 0.667. The van der Waals surface area contributed by atoms with Gasteiger partial charge in [0.2, 0.25) is 0 Å². The molecule has 0 amide bonds. The summed E-state index contributed by atoms with van der Waals surface area (Å²) in [5, 5.41) is 0. The molecular formula is C18H29N3. The van der Waals surface area contributed by atoms with Gasteiger partial charge in [-0.2, -0.15) is 0 Å². The van der Waals surface area contributed by atoms with Crippen LogP contribution in [0.15, 0.2) is 24.3 Å². The summed E-state index contributed by atoms with van der Waals surface area (Å²) in [5.74, 6) is 0. The zero-order valence-electron chi connectivity index (χ0n) is 13.5. The number of hydrogen-bond donors (Lipinski definition) is 1. The van der Waals surface area contributed by atoms with Crippen molar-refractivity contribution in [2.45, 2.75) is 57.7 Å². The molecule has 3 nitrogen and oxygen atoms in total. The van der Waals surface area contributed by atoms with E-state index in [1.807, 2.05) is 0 Å². The Morgan fingerprint density at radius 1 is 1.24 bits per heavy atom. The molecule has 3 rings (SSSR count). The van der Waals surface area contributed by atoms with Crippen LogP contribution in [-0.4, -0.2) is 42.7 Å². The quantitative estimate of drug-likeness (QED) is 0.924. The first-order valence-electron chi connectivity index (χ1n) is 8.52. The van der Waals surface area contributed by atoms with Crippen molar-refractivity contribution in [2.24, 2.45) is 5.73 Å². The summed E-state index contributed by atoms with van der Waals surface area (Å²) < 4.78 is 0. The van der Waals surface area contributed by atoms with Gasteiger partial charge in [0.25, 0.3) is 0 Å². The molecular weight excluding hydrogens is 258 g/mol. The molecule has 2 fully saturated rings. The molecule has 21 heavy (non-hydrogen) atoms. The van der Waals surface area contributed by atoms with Crippen molar-refractivity contribution in [2.75, 3.05) is 24.5 Å². The molecule has 2 saturated heterocycles. The van der Waals surface area contributed by atoms with Gasteiger partial charge in [0.15, 0.2) is 0 Å². The highest BCUT2D eigenvalue weighted by atomic mass is 15.3. The Kier molecular flexibility index (Phi) is 4.51. The monoisotopic (exact) mass is 287 g/mol. The molecule has 2 N–H and O–H groups in total. The number of nitrogens with two attached hydrogens (primary N) is 1. The van der Waals surface area contributed by atoms with Crippen LogP contribution >= 0.6 is 0 Å². The zero-order valence-corrected chi connectivity index (χ0v) is 13.5. The molecule has 0 bridgehead atoms. The second-order valence-electron chi connectivity index (χ2n) is 6.83. The maximum atomic E-state index is 6.05. The number of nitrogens with zero attached hydrogens (tertiary/aromatic N) is 2. The SMILES string of the molecule is CCC(N)Cc1ccc(N2CC3CCCN3CC2C)cc1. The molecule has 0 saturated carbocycles. The average molecular weight is 287 g/mol. The lowest BCUT2D eigenvalue weighted by atomic mass is 10.0. The summed E-state index contributed by atoms with van der Waals surface area (Å²) in [5.41, 5.74) is 8.79. The van der Waals surface area contributed by atoms with Gasteiger partial charge < -0.3 is 10.6 Å². The van der Waals surface area contributed by atoms with Crippen LogP contribution in [0.1, 0.15) is 38.7 Å². The lowest BCUT2D eigenvalue weighted by Crippen LogP contribution is -2.55. The van der Waals surface area contributed by atoms with E-state index in [1.54, 1.807) is 0 Å². The van der Waals surface area contributed by atoms with Crippen LogP contribution in [0.5, 0.6) is 0 Å². The van der Waals surface area contributed by atoms with Gasteiger partial charge in [0.1, 0.15) is 0 Å².